The lowest BCUT2D eigenvalue weighted by molar-refractivity contribution is -0.146. The van der Waals surface area contributed by atoms with Crippen molar-refractivity contribution in [1.29, 1.82) is 0 Å². The van der Waals surface area contributed by atoms with Gasteiger partial charge in [-0.3, -0.25) is 24.2 Å². The van der Waals surface area contributed by atoms with E-state index in [1.165, 1.54) is 24.3 Å². The van der Waals surface area contributed by atoms with Crippen LogP contribution in [0.2, 0.25) is 16.6 Å². The minimum Gasteiger partial charge on any atom is -0.540 e. The number of nitrogens with one attached hydrogen (secondary N) is 1. The summed E-state index contributed by atoms with van der Waals surface area (Å²) in [6.07, 6.45) is 3.05. The molecule has 2 N–H and O–H groups in total. The number of carbonyl (C=O) groups excluding carboxylic acids is 5. The Balaban J connectivity index is 1.33. The number of Topliss-reactive ketones (excluding diaryl/α,β-unsaturated/α-hetero) is 1. The van der Waals surface area contributed by atoms with E-state index in [2.05, 4.69) is 58.4 Å². The van der Waals surface area contributed by atoms with E-state index in [0.717, 1.165) is 12.8 Å². The van der Waals surface area contributed by atoms with Crippen molar-refractivity contribution < 1.29 is 47.7 Å². The molecular formula is C45H64N4O10Si. The molecule has 0 radical (unpaired) electrons. The molecule has 2 aliphatic heterocycles. The number of pyridine rings is 1. The molecule has 3 heterocycles. The van der Waals surface area contributed by atoms with Gasteiger partial charge in [-0.25, -0.2) is 9.69 Å². The van der Waals surface area contributed by atoms with Crippen molar-refractivity contribution >= 4 is 43.7 Å². The van der Waals surface area contributed by atoms with Crippen LogP contribution in [0.25, 0.3) is 0 Å². The molecular weight excluding hydrogens is 785 g/mol. The van der Waals surface area contributed by atoms with Gasteiger partial charge >= 0.3 is 12.1 Å². The van der Waals surface area contributed by atoms with E-state index in [1.54, 1.807) is 36.1 Å². The lowest BCUT2D eigenvalue weighted by Gasteiger charge is -2.42. The Kier molecular flexibility index (Phi) is 14.6. The van der Waals surface area contributed by atoms with Gasteiger partial charge in [-0.15, -0.1) is 0 Å². The summed E-state index contributed by atoms with van der Waals surface area (Å²) in [5.74, 6) is -1.53. The first-order chi connectivity index (χ1) is 28.3. The lowest BCUT2D eigenvalue weighted by atomic mass is 9.91. The third kappa shape index (κ3) is 9.72. The minimum atomic E-state index is -2.54. The Hall–Kier alpha value is -4.76. The second-order valence-corrected chi connectivity index (χ2v) is 23.4. The number of benzene rings is 1. The number of ether oxygens (including phenoxy) is 3. The van der Waals surface area contributed by atoms with Gasteiger partial charge in [-0.05, 0) is 71.8 Å². The molecule has 4 atom stereocenters. The normalized spacial score (nSPS) is 19.1. The molecule has 0 bridgehead atoms. The number of hydrogen-bond acceptors (Lipinski definition) is 11. The largest absolute Gasteiger partial charge is 0.540 e. The number of anilines is 1. The van der Waals surface area contributed by atoms with Crippen molar-refractivity contribution in [3.63, 3.8) is 0 Å². The van der Waals surface area contributed by atoms with Crippen molar-refractivity contribution in [3.8, 4) is 11.5 Å². The molecule has 1 spiro atoms. The van der Waals surface area contributed by atoms with Crippen LogP contribution >= 0.6 is 0 Å². The van der Waals surface area contributed by atoms with Crippen LogP contribution < -0.4 is 19.4 Å². The number of aliphatic hydroxyl groups is 1. The summed E-state index contributed by atoms with van der Waals surface area (Å²) in [5, 5.41) is 14.8. The predicted octanol–water partition coefficient (Wildman–Crippen LogP) is 7.12. The summed E-state index contributed by atoms with van der Waals surface area (Å²) in [6.45, 7) is 22.1. The van der Waals surface area contributed by atoms with Crippen molar-refractivity contribution in [2.45, 2.75) is 136 Å². The highest BCUT2D eigenvalue weighted by molar-refractivity contribution is 6.78. The van der Waals surface area contributed by atoms with Crippen LogP contribution in [0.5, 0.6) is 11.5 Å². The Labute approximate surface area is 355 Å². The fourth-order valence-corrected chi connectivity index (χ4v) is 14.4. The summed E-state index contributed by atoms with van der Waals surface area (Å²) in [7, 11) is -1.01. The molecule has 1 aliphatic carbocycles. The molecule has 3 aliphatic rings. The molecule has 1 aromatic carbocycles. The molecule has 14 nitrogen and oxygen atoms in total. The van der Waals surface area contributed by atoms with Crippen LogP contribution in [0, 0.1) is 17.3 Å². The fourth-order valence-electron chi connectivity index (χ4n) is 9.13. The molecule has 15 heteroatoms. The first-order valence-electron chi connectivity index (χ1n) is 21.2. The number of fused-ring (bicyclic) bond motifs is 2. The number of methoxy groups -OCH3 is 1. The summed E-state index contributed by atoms with van der Waals surface area (Å²) in [4.78, 5) is 74.2. The molecule has 1 saturated heterocycles. The monoisotopic (exact) mass is 848 g/mol. The van der Waals surface area contributed by atoms with E-state index in [9.17, 15) is 29.1 Å². The van der Waals surface area contributed by atoms with Crippen molar-refractivity contribution in [2.24, 2.45) is 17.3 Å². The zero-order valence-electron chi connectivity index (χ0n) is 36.9. The van der Waals surface area contributed by atoms with Crippen LogP contribution in [0.3, 0.4) is 0 Å². The molecule has 2 fully saturated rings. The molecule has 1 unspecified atom stereocenters. The van der Waals surface area contributed by atoms with E-state index < -0.39 is 50.5 Å². The molecule has 5 rings (SSSR count). The lowest BCUT2D eigenvalue weighted by Crippen LogP contribution is -2.51. The Morgan fingerprint density at radius 2 is 1.67 bits per heavy atom. The Bertz CT molecular complexity index is 1910. The number of carbonyl (C=O) groups is 5. The smallest absolute Gasteiger partial charge is 0.416 e. The molecule has 60 heavy (non-hydrogen) atoms. The SMILES string of the molecule is C=CCOC(=O)C[C@H](C(=O)N[C@@H](C)C(=O)Cc1ccc(COC(=O)N2c3cc(O[Si](C(C)C)(C(C)C)C(C)C)c(OC)cc3C(=O)N3CC4(CC4)C[C@H]3C2O)nc1)C(C)C. The third-order valence-corrected chi connectivity index (χ3v) is 18.7. The van der Waals surface area contributed by atoms with Crippen LogP contribution in [0.15, 0.2) is 43.1 Å². The molecule has 2 aromatic rings. The zero-order valence-corrected chi connectivity index (χ0v) is 37.9. The van der Waals surface area contributed by atoms with Crippen molar-refractivity contribution in [3.05, 3.63) is 59.9 Å². The van der Waals surface area contributed by atoms with Crippen molar-refractivity contribution in [1.82, 2.24) is 15.2 Å². The topological polar surface area (TPSA) is 174 Å². The Morgan fingerprint density at radius 1 is 1.00 bits per heavy atom. The van der Waals surface area contributed by atoms with Crippen molar-refractivity contribution in [2.75, 3.05) is 25.2 Å². The van der Waals surface area contributed by atoms with E-state index in [-0.39, 0.29) is 77.0 Å². The number of hydrogen-bond donors (Lipinski definition) is 2. The highest BCUT2D eigenvalue weighted by Gasteiger charge is 2.58. The zero-order chi connectivity index (χ0) is 44.3. The number of ketones is 1. The third-order valence-electron chi connectivity index (χ3n) is 12.7. The van der Waals surface area contributed by atoms with Gasteiger partial charge in [0.25, 0.3) is 14.2 Å². The predicted molar refractivity (Wildman–Crippen MR) is 229 cm³/mol. The molecule has 1 saturated carbocycles. The number of aliphatic hydroxyl groups excluding tert-OH is 1. The number of nitrogens with zero attached hydrogens (tertiary/aromatic N) is 3. The first-order valence-corrected chi connectivity index (χ1v) is 23.3. The second-order valence-electron chi connectivity index (χ2n) is 18.0. The van der Waals surface area contributed by atoms with Crippen LogP contribution in [0.4, 0.5) is 10.5 Å². The number of rotatable bonds is 18. The van der Waals surface area contributed by atoms with E-state index in [0.29, 0.717) is 35.7 Å². The summed E-state index contributed by atoms with van der Waals surface area (Å²) in [5.41, 5.74) is 1.99. The van der Waals surface area contributed by atoms with Gasteiger partial charge in [0, 0.05) is 25.2 Å². The second kappa shape index (κ2) is 18.9. The molecule has 1 aromatic heterocycles. The fraction of sp³-hybridized carbons (Fsp3) is 0.600. The maximum Gasteiger partial charge on any atom is 0.416 e. The summed E-state index contributed by atoms with van der Waals surface area (Å²) in [6, 6.07) is 5.14. The minimum absolute atomic E-state index is 0.0190. The maximum atomic E-state index is 14.3. The summed E-state index contributed by atoms with van der Waals surface area (Å²) >= 11 is 0. The molecule has 3 amide bonds. The van der Waals surface area contributed by atoms with Gasteiger partial charge in [-0.1, -0.05) is 74.1 Å². The van der Waals surface area contributed by atoms with Gasteiger partial charge in [0.1, 0.15) is 19.0 Å². The average molecular weight is 849 g/mol. The number of aromatic nitrogens is 1. The highest BCUT2D eigenvalue weighted by Crippen LogP contribution is 2.57. The quantitative estimate of drug-likeness (QED) is 0.0888. The number of amides is 3. The summed E-state index contributed by atoms with van der Waals surface area (Å²) < 4.78 is 23.8. The first kappa shape index (κ1) is 46.3. The van der Waals surface area contributed by atoms with E-state index >= 15 is 0 Å². The highest BCUT2D eigenvalue weighted by atomic mass is 28.4. The molecule has 328 valence electrons. The van der Waals surface area contributed by atoms with Gasteiger partial charge in [0.05, 0.1) is 48.5 Å². The van der Waals surface area contributed by atoms with E-state index in [4.69, 9.17) is 18.6 Å². The van der Waals surface area contributed by atoms with E-state index in [1.807, 2.05) is 13.8 Å². The van der Waals surface area contributed by atoms with Gasteiger partial charge in [-0.2, -0.15) is 0 Å². The van der Waals surface area contributed by atoms with Crippen LogP contribution in [0.1, 0.15) is 110 Å². The van der Waals surface area contributed by atoms with Gasteiger partial charge in [0.2, 0.25) is 5.91 Å². The Morgan fingerprint density at radius 3 is 2.22 bits per heavy atom. The standard InChI is InChI=1S/C45H64N4O10Si/c1-12-17-57-40(51)20-33(26(2)3)41(52)47-30(10)37(50)18-31-13-14-32(46-23-31)24-58-44(55)49-35-21-39(59-60(27(4)5,28(6)7)29(8)9)38(56-11)19-34(35)42(53)48-25-45(15-16-45)22-36(48)43(49)54/h12-14,19,21,23,26-30,33,36,43,54H,1,15-18,20,22,24-25H2,2-11H3,(H,47,52)/t30-,33-,36-,43?/m0/s1. The van der Waals surface area contributed by atoms with Crippen LogP contribution in [-0.4, -0.2) is 91.5 Å². The maximum absolute atomic E-state index is 14.3. The van der Waals surface area contributed by atoms with Gasteiger partial charge in [0.15, 0.2) is 17.8 Å². The number of esters is 1. The van der Waals surface area contributed by atoms with Crippen LogP contribution in [-0.2, 0) is 36.9 Å². The van der Waals surface area contributed by atoms with Gasteiger partial charge < -0.3 is 34.0 Å². The average Bonchev–Trinajstić information content (AvgIpc) is 3.86.